The number of para-hydroxylation sites is 1. The van der Waals surface area contributed by atoms with Gasteiger partial charge in [0.15, 0.2) is 5.96 Å². The van der Waals surface area contributed by atoms with Gasteiger partial charge in [0.25, 0.3) is 0 Å². The highest BCUT2D eigenvalue weighted by Gasteiger charge is 2.02. The molecule has 1 aromatic heterocycles. The Bertz CT molecular complexity index is 521. The minimum Gasteiger partial charge on any atom is -0.357 e. The van der Waals surface area contributed by atoms with Gasteiger partial charge in [-0.25, -0.2) is 4.98 Å². The van der Waals surface area contributed by atoms with Crippen molar-refractivity contribution in [3.63, 3.8) is 0 Å². The molecular weight excluding hydrogens is 268 g/mol. The summed E-state index contributed by atoms with van der Waals surface area (Å²) in [5.41, 5.74) is 1.11. The van der Waals surface area contributed by atoms with E-state index in [4.69, 9.17) is 0 Å². The highest BCUT2D eigenvalue weighted by molar-refractivity contribution is 7.18. The average Bonchev–Trinajstić information content (AvgIpc) is 2.86. The topological polar surface area (TPSA) is 49.3 Å². The smallest absolute Gasteiger partial charge is 0.191 e. The molecule has 0 aliphatic heterocycles. The Morgan fingerprint density at radius 2 is 1.95 bits per heavy atom. The summed E-state index contributed by atoms with van der Waals surface area (Å²) < 4.78 is 1.27. The lowest BCUT2D eigenvalue weighted by atomic mass is 10.3. The van der Waals surface area contributed by atoms with Gasteiger partial charge < -0.3 is 10.6 Å². The Kier molecular flexibility index (Phi) is 5.80. The molecule has 0 amide bonds. The average molecular weight is 290 g/mol. The molecular formula is C15H22N4S. The van der Waals surface area contributed by atoms with Crippen LogP contribution < -0.4 is 10.6 Å². The Morgan fingerprint density at radius 1 is 1.20 bits per heavy atom. The van der Waals surface area contributed by atoms with E-state index in [2.05, 4.69) is 52.7 Å². The maximum Gasteiger partial charge on any atom is 0.191 e. The van der Waals surface area contributed by atoms with Gasteiger partial charge in [-0.05, 0) is 32.4 Å². The number of fused-ring (bicyclic) bond motifs is 1. The van der Waals surface area contributed by atoms with E-state index in [1.54, 1.807) is 11.3 Å². The van der Waals surface area contributed by atoms with Gasteiger partial charge in [0.2, 0.25) is 0 Å². The number of aryl methyl sites for hydroxylation is 1. The first-order chi connectivity index (χ1) is 9.83. The monoisotopic (exact) mass is 290 g/mol. The summed E-state index contributed by atoms with van der Waals surface area (Å²) in [6.07, 6.45) is 2.02. The van der Waals surface area contributed by atoms with E-state index in [1.807, 2.05) is 6.07 Å². The number of nitrogens with zero attached hydrogens (tertiary/aromatic N) is 2. The standard InChI is InChI=1S/C15H22N4S/c1-3-16-15(17-4-2)18-11-7-10-14-19-12-8-5-6-9-13(12)20-14/h5-6,8-9H,3-4,7,10-11H2,1-2H3,(H2,16,17,18). The first-order valence-electron chi connectivity index (χ1n) is 7.20. The lowest BCUT2D eigenvalue weighted by molar-refractivity contribution is 0.793. The lowest BCUT2D eigenvalue weighted by Crippen LogP contribution is -2.37. The first-order valence-corrected chi connectivity index (χ1v) is 8.01. The largest absolute Gasteiger partial charge is 0.357 e. The zero-order valence-corrected chi connectivity index (χ0v) is 13.0. The van der Waals surface area contributed by atoms with E-state index < -0.39 is 0 Å². The highest BCUT2D eigenvalue weighted by Crippen LogP contribution is 2.22. The second kappa shape index (κ2) is 7.85. The van der Waals surface area contributed by atoms with Crippen molar-refractivity contribution in [2.75, 3.05) is 19.6 Å². The molecule has 1 heterocycles. The van der Waals surface area contributed by atoms with Crippen molar-refractivity contribution in [2.45, 2.75) is 26.7 Å². The number of hydrogen-bond acceptors (Lipinski definition) is 3. The van der Waals surface area contributed by atoms with E-state index in [0.29, 0.717) is 0 Å². The molecule has 0 aliphatic rings. The molecule has 0 bridgehead atoms. The number of hydrogen-bond donors (Lipinski definition) is 2. The minimum atomic E-state index is 0.825. The number of rotatable bonds is 6. The van der Waals surface area contributed by atoms with Crippen molar-refractivity contribution in [3.05, 3.63) is 29.3 Å². The molecule has 0 atom stereocenters. The number of aliphatic imine (C=N–C) groups is 1. The summed E-state index contributed by atoms with van der Waals surface area (Å²) in [6.45, 7) is 6.76. The van der Waals surface area contributed by atoms with Crippen molar-refractivity contribution in [2.24, 2.45) is 4.99 Å². The third-order valence-electron chi connectivity index (χ3n) is 2.85. The molecule has 4 nitrogen and oxygen atoms in total. The van der Waals surface area contributed by atoms with E-state index in [-0.39, 0.29) is 0 Å². The zero-order chi connectivity index (χ0) is 14.2. The molecule has 0 unspecified atom stereocenters. The van der Waals surface area contributed by atoms with Gasteiger partial charge in [0, 0.05) is 26.1 Å². The third-order valence-corrected chi connectivity index (χ3v) is 3.94. The molecule has 1 aromatic carbocycles. The normalized spacial score (nSPS) is 10.5. The molecule has 0 saturated heterocycles. The second-order valence-electron chi connectivity index (χ2n) is 4.47. The quantitative estimate of drug-likeness (QED) is 0.488. The van der Waals surface area contributed by atoms with Crippen molar-refractivity contribution in [3.8, 4) is 0 Å². The van der Waals surface area contributed by atoms with Crippen LogP contribution in [0.2, 0.25) is 0 Å². The summed E-state index contributed by atoms with van der Waals surface area (Å²) in [6, 6.07) is 8.30. The minimum absolute atomic E-state index is 0.825. The number of guanidine groups is 1. The Hall–Kier alpha value is -1.62. The van der Waals surface area contributed by atoms with E-state index in [1.165, 1.54) is 9.71 Å². The van der Waals surface area contributed by atoms with Crippen molar-refractivity contribution < 1.29 is 0 Å². The van der Waals surface area contributed by atoms with Crippen LogP contribution >= 0.6 is 11.3 Å². The molecule has 108 valence electrons. The van der Waals surface area contributed by atoms with Gasteiger partial charge in [-0.15, -0.1) is 11.3 Å². The van der Waals surface area contributed by atoms with Crippen LogP contribution in [0.15, 0.2) is 29.3 Å². The summed E-state index contributed by atoms with van der Waals surface area (Å²) in [7, 11) is 0. The molecule has 5 heteroatoms. The summed E-state index contributed by atoms with van der Waals surface area (Å²) in [4.78, 5) is 9.18. The van der Waals surface area contributed by atoms with E-state index in [0.717, 1.165) is 44.0 Å². The Balaban J connectivity index is 1.84. The Morgan fingerprint density at radius 3 is 2.65 bits per heavy atom. The lowest BCUT2D eigenvalue weighted by Gasteiger charge is -2.08. The maximum absolute atomic E-state index is 4.64. The molecule has 2 N–H and O–H groups in total. The van der Waals surface area contributed by atoms with Crippen LogP contribution in [0.5, 0.6) is 0 Å². The van der Waals surface area contributed by atoms with Crippen LogP contribution in [-0.4, -0.2) is 30.6 Å². The van der Waals surface area contributed by atoms with E-state index in [9.17, 15) is 0 Å². The first kappa shape index (κ1) is 14.8. The summed E-state index contributed by atoms with van der Waals surface area (Å²) >= 11 is 1.79. The summed E-state index contributed by atoms with van der Waals surface area (Å²) in [5.74, 6) is 0.902. The maximum atomic E-state index is 4.64. The zero-order valence-electron chi connectivity index (χ0n) is 12.1. The van der Waals surface area contributed by atoms with Crippen LogP contribution in [0.3, 0.4) is 0 Å². The van der Waals surface area contributed by atoms with E-state index >= 15 is 0 Å². The fraction of sp³-hybridized carbons (Fsp3) is 0.467. The number of aromatic nitrogens is 1. The molecule has 0 saturated carbocycles. The van der Waals surface area contributed by atoms with Gasteiger partial charge in [-0.3, -0.25) is 4.99 Å². The molecule has 2 aromatic rings. The molecule has 0 spiro atoms. The number of benzene rings is 1. The fourth-order valence-electron chi connectivity index (χ4n) is 1.96. The van der Waals surface area contributed by atoms with Gasteiger partial charge in [-0.2, -0.15) is 0 Å². The van der Waals surface area contributed by atoms with Crippen LogP contribution in [-0.2, 0) is 6.42 Å². The van der Waals surface area contributed by atoms with Gasteiger partial charge in [-0.1, -0.05) is 12.1 Å². The molecule has 20 heavy (non-hydrogen) atoms. The molecule has 0 radical (unpaired) electrons. The Labute approximate surface area is 124 Å². The second-order valence-corrected chi connectivity index (χ2v) is 5.59. The van der Waals surface area contributed by atoms with Crippen LogP contribution in [0.1, 0.15) is 25.3 Å². The van der Waals surface area contributed by atoms with Gasteiger partial charge >= 0.3 is 0 Å². The summed E-state index contributed by atoms with van der Waals surface area (Å²) in [5, 5.41) is 7.66. The molecule has 0 fully saturated rings. The van der Waals surface area contributed by atoms with Crippen molar-refractivity contribution >= 4 is 27.5 Å². The van der Waals surface area contributed by atoms with Crippen LogP contribution in [0, 0.1) is 0 Å². The highest BCUT2D eigenvalue weighted by atomic mass is 32.1. The fourth-order valence-corrected chi connectivity index (χ4v) is 2.97. The SMILES string of the molecule is CCNC(=NCCCc1nc2ccccc2s1)NCC. The number of thiazole rings is 1. The van der Waals surface area contributed by atoms with Crippen LogP contribution in [0.4, 0.5) is 0 Å². The van der Waals surface area contributed by atoms with Crippen molar-refractivity contribution in [1.29, 1.82) is 0 Å². The van der Waals surface area contributed by atoms with Gasteiger partial charge in [0.1, 0.15) is 0 Å². The van der Waals surface area contributed by atoms with Gasteiger partial charge in [0.05, 0.1) is 15.2 Å². The predicted octanol–water partition coefficient (Wildman–Crippen LogP) is 2.80. The molecule has 2 rings (SSSR count). The molecule has 0 aliphatic carbocycles. The van der Waals surface area contributed by atoms with Crippen LogP contribution in [0.25, 0.3) is 10.2 Å². The van der Waals surface area contributed by atoms with Crippen molar-refractivity contribution in [1.82, 2.24) is 15.6 Å². The predicted molar refractivity (Wildman–Crippen MR) is 87.6 cm³/mol. The number of nitrogens with one attached hydrogen (secondary N) is 2. The third kappa shape index (κ3) is 4.20.